The Balaban J connectivity index is 1.81. The maximum absolute atomic E-state index is 5.49. The number of thioether (sulfide) groups is 1. The third kappa shape index (κ3) is 3.12. The molecule has 2 unspecified atom stereocenters. The summed E-state index contributed by atoms with van der Waals surface area (Å²) in [6, 6.07) is 11.2. The molecule has 2 aromatic rings. The molecule has 2 heterocycles. The Bertz CT molecular complexity index is 610. The summed E-state index contributed by atoms with van der Waals surface area (Å²) in [4.78, 5) is 0. The lowest BCUT2D eigenvalue weighted by Crippen LogP contribution is -2.29. The maximum atomic E-state index is 5.49. The smallest absolute Gasteiger partial charge is 0.123 e. The molecule has 1 aromatic carbocycles. The van der Waals surface area contributed by atoms with E-state index in [9.17, 15) is 0 Å². The highest BCUT2D eigenvalue weighted by molar-refractivity contribution is 8.01. The molecule has 0 spiro atoms. The molecule has 1 aromatic heterocycles. The Labute approximate surface area is 134 Å². The summed E-state index contributed by atoms with van der Waals surface area (Å²) in [5, 5.41) is 6.67. The Morgan fingerprint density at radius 3 is 2.90 bits per heavy atom. The van der Waals surface area contributed by atoms with E-state index in [1.54, 1.807) is 7.11 Å². The van der Waals surface area contributed by atoms with Gasteiger partial charge in [-0.2, -0.15) is 0 Å². The van der Waals surface area contributed by atoms with Crippen LogP contribution in [0.3, 0.4) is 0 Å². The van der Waals surface area contributed by atoms with E-state index in [1.807, 2.05) is 35.2 Å². The monoisotopic (exact) mass is 319 g/mol. The zero-order valence-electron chi connectivity index (χ0n) is 12.6. The molecule has 3 atom stereocenters. The van der Waals surface area contributed by atoms with Crippen molar-refractivity contribution in [3.63, 3.8) is 0 Å². The summed E-state index contributed by atoms with van der Waals surface area (Å²) in [5.41, 5.74) is 2.69. The Morgan fingerprint density at radius 2 is 2.10 bits per heavy atom. The fourth-order valence-corrected chi connectivity index (χ4v) is 5.49. The van der Waals surface area contributed by atoms with Gasteiger partial charge >= 0.3 is 0 Å². The van der Waals surface area contributed by atoms with Crippen molar-refractivity contribution >= 4 is 23.1 Å². The third-order valence-corrected chi connectivity index (χ3v) is 6.31. The molecule has 1 N–H and O–H groups in total. The van der Waals surface area contributed by atoms with Crippen molar-refractivity contribution in [2.24, 2.45) is 0 Å². The SMILES string of the molecule is COc1ccccc1C(C)NC1C[C@H](C)Sc2sccc21. The lowest BCUT2D eigenvalue weighted by Gasteiger charge is -2.30. The van der Waals surface area contributed by atoms with E-state index < -0.39 is 0 Å². The average molecular weight is 319 g/mol. The van der Waals surface area contributed by atoms with Gasteiger partial charge in [0, 0.05) is 22.9 Å². The van der Waals surface area contributed by atoms with Crippen LogP contribution in [-0.2, 0) is 0 Å². The van der Waals surface area contributed by atoms with Gasteiger partial charge in [0.1, 0.15) is 5.75 Å². The first-order valence-electron chi connectivity index (χ1n) is 7.32. The minimum Gasteiger partial charge on any atom is -0.496 e. The highest BCUT2D eigenvalue weighted by atomic mass is 32.2. The number of hydrogen-bond acceptors (Lipinski definition) is 4. The van der Waals surface area contributed by atoms with E-state index in [4.69, 9.17) is 4.74 Å². The summed E-state index contributed by atoms with van der Waals surface area (Å²) in [6.07, 6.45) is 1.17. The number of rotatable bonds is 4. The zero-order valence-corrected chi connectivity index (χ0v) is 14.3. The van der Waals surface area contributed by atoms with Crippen molar-refractivity contribution in [3.8, 4) is 5.75 Å². The number of thiophene rings is 1. The van der Waals surface area contributed by atoms with Crippen LogP contribution in [0.2, 0.25) is 0 Å². The summed E-state index contributed by atoms with van der Waals surface area (Å²) in [5.74, 6) is 0.960. The lowest BCUT2D eigenvalue weighted by atomic mass is 10.0. The molecule has 112 valence electrons. The van der Waals surface area contributed by atoms with Crippen LogP contribution >= 0.6 is 23.1 Å². The van der Waals surface area contributed by atoms with Crippen LogP contribution < -0.4 is 10.1 Å². The third-order valence-electron chi connectivity index (χ3n) is 3.97. The normalized spacial score (nSPS) is 22.6. The number of para-hydroxylation sites is 1. The van der Waals surface area contributed by atoms with Gasteiger partial charge in [-0.3, -0.25) is 0 Å². The van der Waals surface area contributed by atoms with Gasteiger partial charge in [-0.25, -0.2) is 0 Å². The quantitative estimate of drug-likeness (QED) is 0.853. The molecule has 0 aliphatic carbocycles. The highest BCUT2D eigenvalue weighted by Gasteiger charge is 2.27. The Morgan fingerprint density at radius 1 is 1.29 bits per heavy atom. The van der Waals surface area contributed by atoms with Crippen LogP contribution in [0.25, 0.3) is 0 Å². The highest BCUT2D eigenvalue weighted by Crippen LogP contribution is 2.44. The fourth-order valence-electron chi connectivity index (χ4n) is 2.92. The van der Waals surface area contributed by atoms with Gasteiger partial charge in [0.25, 0.3) is 0 Å². The van der Waals surface area contributed by atoms with Gasteiger partial charge in [0.05, 0.1) is 11.3 Å². The number of ether oxygens (including phenoxy) is 1. The predicted molar refractivity (Wildman–Crippen MR) is 91.5 cm³/mol. The Hall–Kier alpha value is -0.970. The van der Waals surface area contributed by atoms with Crippen LogP contribution in [-0.4, -0.2) is 12.4 Å². The molecule has 0 amide bonds. The molecule has 2 nitrogen and oxygen atoms in total. The summed E-state index contributed by atoms with van der Waals surface area (Å²) in [7, 11) is 1.74. The molecular formula is C17H21NOS2. The second kappa shape index (κ2) is 6.42. The number of benzene rings is 1. The van der Waals surface area contributed by atoms with E-state index in [0.717, 1.165) is 5.75 Å². The molecule has 4 heteroatoms. The lowest BCUT2D eigenvalue weighted by molar-refractivity contribution is 0.388. The predicted octanol–water partition coefficient (Wildman–Crippen LogP) is 5.03. The minimum absolute atomic E-state index is 0.272. The van der Waals surface area contributed by atoms with Gasteiger partial charge in [-0.15, -0.1) is 23.1 Å². The molecule has 1 aliphatic heterocycles. The van der Waals surface area contributed by atoms with Gasteiger partial charge in [-0.05, 0) is 36.4 Å². The largest absolute Gasteiger partial charge is 0.496 e. The van der Waals surface area contributed by atoms with Crippen molar-refractivity contribution in [2.75, 3.05) is 7.11 Å². The van der Waals surface area contributed by atoms with Crippen molar-refractivity contribution in [2.45, 2.75) is 41.8 Å². The topological polar surface area (TPSA) is 21.3 Å². The van der Waals surface area contributed by atoms with Crippen LogP contribution in [0.5, 0.6) is 5.75 Å². The molecule has 0 saturated heterocycles. The first-order chi connectivity index (χ1) is 10.2. The van der Waals surface area contributed by atoms with Crippen LogP contribution in [0.15, 0.2) is 39.9 Å². The molecule has 21 heavy (non-hydrogen) atoms. The molecule has 0 saturated carbocycles. The van der Waals surface area contributed by atoms with E-state index >= 15 is 0 Å². The van der Waals surface area contributed by atoms with Crippen LogP contribution in [0, 0.1) is 0 Å². The molecule has 1 aliphatic rings. The zero-order chi connectivity index (χ0) is 14.8. The molecule has 0 fully saturated rings. The number of nitrogens with one attached hydrogen (secondary N) is 1. The van der Waals surface area contributed by atoms with Crippen molar-refractivity contribution in [1.29, 1.82) is 0 Å². The van der Waals surface area contributed by atoms with Gasteiger partial charge in [0.15, 0.2) is 0 Å². The van der Waals surface area contributed by atoms with Crippen molar-refractivity contribution < 1.29 is 4.74 Å². The maximum Gasteiger partial charge on any atom is 0.123 e. The number of fused-ring (bicyclic) bond motifs is 1. The molecular weight excluding hydrogens is 298 g/mol. The number of hydrogen-bond donors (Lipinski definition) is 1. The first-order valence-corrected chi connectivity index (χ1v) is 9.08. The summed E-state index contributed by atoms with van der Waals surface area (Å²) in [6.45, 7) is 4.53. The van der Waals surface area contributed by atoms with Gasteiger partial charge < -0.3 is 10.1 Å². The molecule has 3 rings (SSSR count). The minimum atomic E-state index is 0.272. The second-order valence-electron chi connectivity index (χ2n) is 5.51. The van der Waals surface area contributed by atoms with Crippen molar-refractivity contribution in [3.05, 3.63) is 46.8 Å². The summed E-state index contributed by atoms with van der Waals surface area (Å²) >= 11 is 3.87. The average Bonchev–Trinajstić information content (AvgIpc) is 2.95. The first kappa shape index (κ1) is 14.9. The molecule has 0 bridgehead atoms. The summed E-state index contributed by atoms with van der Waals surface area (Å²) < 4.78 is 6.96. The van der Waals surface area contributed by atoms with Gasteiger partial charge in [-0.1, -0.05) is 25.1 Å². The van der Waals surface area contributed by atoms with E-state index in [2.05, 4.69) is 42.7 Å². The van der Waals surface area contributed by atoms with Crippen molar-refractivity contribution in [1.82, 2.24) is 5.32 Å². The fraction of sp³-hybridized carbons (Fsp3) is 0.412. The van der Waals surface area contributed by atoms with Crippen LogP contribution in [0.1, 0.15) is 43.5 Å². The van der Waals surface area contributed by atoms with E-state index in [0.29, 0.717) is 11.3 Å². The standard InChI is InChI=1S/C17H21NOS2/c1-11-10-15(14-8-9-20-17(14)21-11)18-12(2)13-6-4-5-7-16(13)19-3/h4-9,11-12,15,18H,10H2,1-3H3/t11-,12?,15?/m0/s1. The Kier molecular flexibility index (Phi) is 4.57. The van der Waals surface area contributed by atoms with E-state index in [-0.39, 0.29) is 6.04 Å². The second-order valence-corrected chi connectivity index (χ2v) is 8.13. The molecule has 0 radical (unpaired) electrons. The van der Waals surface area contributed by atoms with Gasteiger partial charge in [0.2, 0.25) is 0 Å². The number of methoxy groups -OCH3 is 1. The van der Waals surface area contributed by atoms with E-state index in [1.165, 1.54) is 21.8 Å². The van der Waals surface area contributed by atoms with Crippen LogP contribution in [0.4, 0.5) is 0 Å².